The zero-order chi connectivity index (χ0) is 29.4. The molecule has 42 heavy (non-hydrogen) atoms. The second-order valence-electron chi connectivity index (χ2n) is 11.1. The van der Waals surface area contributed by atoms with Gasteiger partial charge in [-0.2, -0.15) is 0 Å². The molecule has 2 N–H and O–H groups in total. The van der Waals surface area contributed by atoms with Gasteiger partial charge in [0.05, 0.1) is 0 Å². The molecule has 0 aromatic heterocycles. The fourth-order valence-corrected chi connectivity index (χ4v) is 6.43. The van der Waals surface area contributed by atoms with Crippen molar-refractivity contribution < 1.29 is 10.2 Å². The number of fused-ring (bicyclic) bond motifs is 2. The average Bonchev–Trinajstić information content (AvgIpc) is 3.04. The van der Waals surface area contributed by atoms with Crippen LogP contribution in [0.1, 0.15) is 49.9 Å². The van der Waals surface area contributed by atoms with Gasteiger partial charge in [0, 0.05) is 22.3 Å². The molecule has 0 saturated carbocycles. The molecule has 6 aromatic carbocycles. The minimum absolute atomic E-state index is 0.197. The van der Waals surface area contributed by atoms with Crippen LogP contribution in [-0.4, -0.2) is 10.2 Å². The Morgan fingerprint density at radius 1 is 0.429 bits per heavy atom. The van der Waals surface area contributed by atoms with E-state index in [1.165, 1.54) is 22.3 Å². The normalized spacial score (nSPS) is 11.4. The number of rotatable bonds is 7. The van der Waals surface area contributed by atoms with Crippen LogP contribution >= 0.6 is 0 Å². The predicted molar refractivity (Wildman–Crippen MR) is 179 cm³/mol. The first-order chi connectivity index (χ1) is 20.5. The van der Waals surface area contributed by atoms with Gasteiger partial charge in [-0.1, -0.05) is 113 Å². The molecule has 0 spiro atoms. The fourth-order valence-electron chi connectivity index (χ4n) is 6.43. The third-order valence-corrected chi connectivity index (χ3v) is 8.79. The van der Waals surface area contributed by atoms with Crippen LogP contribution in [0.15, 0.2) is 97.1 Å². The topological polar surface area (TPSA) is 40.5 Å². The standard InChI is InChI=1S/C40H38O2/c1-5-25-17-19-31(27(7-3)21-25)35-23-29-13-9-11-15-33(29)37(39(35)41)38-34-16-12-10-14-30(34)24-36(40(38)42)32-20-18-26(6-2)22-28(32)8-4/h9-24,41-42H,5-8H2,1-4H3. The van der Waals surface area contributed by atoms with Crippen molar-refractivity contribution in [3.05, 3.63) is 119 Å². The Morgan fingerprint density at radius 2 is 0.833 bits per heavy atom. The van der Waals surface area contributed by atoms with E-state index >= 15 is 0 Å². The van der Waals surface area contributed by atoms with Crippen molar-refractivity contribution in [2.24, 2.45) is 0 Å². The maximum Gasteiger partial charge on any atom is 0.132 e. The SMILES string of the molecule is CCc1ccc(-c2cc3ccccc3c(-c3c(O)c(-c4ccc(CC)cc4CC)cc4ccccc34)c2O)c(CC)c1. The van der Waals surface area contributed by atoms with E-state index in [0.717, 1.165) is 69.5 Å². The number of phenols is 2. The summed E-state index contributed by atoms with van der Waals surface area (Å²) < 4.78 is 0. The molecule has 2 heteroatoms. The van der Waals surface area contributed by atoms with Gasteiger partial charge in [0.2, 0.25) is 0 Å². The first-order valence-electron chi connectivity index (χ1n) is 15.2. The zero-order valence-electron chi connectivity index (χ0n) is 25.0. The molecular weight excluding hydrogens is 512 g/mol. The summed E-state index contributed by atoms with van der Waals surface area (Å²) in [6.07, 6.45) is 3.66. The molecule has 0 aliphatic rings. The van der Waals surface area contributed by atoms with Gasteiger partial charge in [-0.05, 0) is 92.7 Å². The molecule has 0 amide bonds. The van der Waals surface area contributed by atoms with Gasteiger partial charge in [0.25, 0.3) is 0 Å². The Kier molecular flexibility index (Phi) is 7.47. The Balaban J connectivity index is 1.73. The van der Waals surface area contributed by atoms with Crippen molar-refractivity contribution in [2.45, 2.75) is 53.4 Å². The van der Waals surface area contributed by atoms with Gasteiger partial charge in [-0.25, -0.2) is 0 Å². The van der Waals surface area contributed by atoms with Gasteiger partial charge in [0.1, 0.15) is 11.5 Å². The molecular formula is C40H38O2. The third kappa shape index (κ3) is 4.61. The maximum absolute atomic E-state index is 12.2. The van der Waals surface area contributed by atoms with Crippen molar-refractivity contribution >= 4 is 21.5 Å². The monoisotopic (exact) mass is 550 g/mol. The summed E-state index contributed by atoms with van der Waals surface area (Å²) >= 11 is 0. The van der Waals surface area contributed by atoms with E-state index in [9.17, 15) is 10.2 Å². The Bertz CT molecular complexity index is 1800. The Labute approximate surface area is 248 Å². The predicted octanol–water partition coefficient (Wildman–Crippen LogP) is 10.7. The number of hydrogen-bond acceptors (Lipinski definition) is 2. The molecule has 6 aromatic rings. The van der Waals surface area contributed by atoms with Crippen LogP contribution in [0.4, 0.5) is 0 Å². The molecule has 6 rings (SSSR count). The van der Waals surface area contributed by atoms with E-state index in [1.807, 2.05) is 36.4 Å². The number of aryl methyl sites for hydroxylation is 4. The summed E-state index contributed by atoms with van der Waals surface area (Å²) in [4.78, 5) is 0. The lowest BCUT2D eigenvalue weighted by Crippen LogP contribution is -1.96. The van der Waals surface area contributed by atoms with Crippen LogP contribution in [0, 0.1) is 0 Å². The fraction of sp³-hybridized carbons (Fsp3) is 0.200. The molecule has 0 saturated heterocycles. The highest BCUT2D eigenvalue weighted by Gasteiger charge is 2.24. The van der Waals surface area contributed by atoms with Crippen molar-refractivity contribution in [2.75, 3.05) is 0 Å². The summed E-state index contributed by atoms with van der Waals surface area (Å²) in [5, 5.41) is 28.4. The van der Waals surface area contributed by atoms with Gasteiger partial charge in [-0.3, -0.25) is 0 Å². The molecule has 2 nitrogen and oxygen atoms in total. The minimum atomic E-state index is 0.197. The lowest BCUT2D eigenvalue weighted by Gasteiger charge is -2.21. The molecule has 0 aliphatic carbocycles. The van der Waals surface area contributed by atoms with Crippen molar-refractivity contribution in [3.63, 3.8) is 0 Å². The number of phenolic OH excluding ortho intramolecular Hbond substituents is 2. The number of aromatic hydroxyl groups is 2. The first-order valence-corrected chi connectivity index (χ1v) is 15.2. The highest BCUT2D eigenvalue weighted by Crippen LogP contribution is 2.52. The second-order valence-corrected chi connectivity index (χ2v) is 11.1. The van der Waals surface area contributed by atoms with E-state index in [4.69, 9.17) is 0 Å². The highest BCUT2D eigenvalue weighted by molar-refractivity contribution is 6.14. The number of benzene rings is 6. The van der Waals surface area contributed by atoms with E-state index in [1.54, 1.807) is 0 Å². The van der Waals surface area contributed by atoms with E-state index < -0.39 is 0 Å². The lowest BCUT2D eigenvalue weighted by atomic mass is 9.84. The molecule has 0 heterocycles. The molecule has 210 valence electrons. The minimum Gasteiger partial charge on any atom is -0.507 e. The van der Waals surface area contributed by atoms with Gasteiger partial charge >= 0.3 is 0 Å². The van der Waals surface area contributed by atoms with Crippen LogP contribution in [0.2, 0.25) is 0 Å². The molecule has 0 atom stereocenters. The van der Waals surface area contributed by atoms with Crippen LogP contribution in [-0.2, 0) is 25.7 Å². The van der Waals surface area contributed by atoms with Crippen LogP contribution in [0.3, 0.4) is 0 Å². The van der Waals surface area contributed by atoms with Crippen LogP contribution < -0.4 is 0 Å². The second kappa shape index (κ2) is 11.4. The molecule has 0 radical (unpaired) electrons. The van der Waals surface area contributed by atoms with Crippen molar-refractivity contribution in [1.29, 1.82) is 0 Å². The van der Waals surface area contributed by atoms with E-state index in [-0.39, 0.29) is 11.5 Å². The van der Waals surface area contributed by atoms with Crippen LogP contribution in [0.5, 0.6) is 11.5 Å². The summed E-state index contributed by atoms with van der Waals surface area (Å²) in [6, 6.07) is 33.6. The van der Waals surface area contributed by atoms with Gasteiger partial charge < -0.3 is 10.2 Å². The average molecular weight is 551 g/mol. The smallest absolute Gasteiger partial charge is 0.132 e. The van der Waals surface area contributed by atoms with E-state index in [0.29, 0.717) is 11.1 Å². The Hall–Kier alpha value is -4.56. The van der Waals surface area contributed by atoms with E-state index in [2.05, 4.69) is 88.4 Å². The maximum atomic E-state index is 12.2. The summed E-state index contributed by atoms with van der Waals surface area (Å²) in [5.74, 6) is 0.393. The summed E-state index contributed by atoms with van der Waals surface area (Å²) in [5.41, 5.74) is 9.96. The highest BCUT2D eigenvalue weighted by atomic mass is 16.3. The van der Waals surface area contributed by atoms with Gasteiger partial charge in [0.15, 0.2) is 0 Å². The molecule has 0 unspecified atom stereocenters. The molecule has 0 fully saturated rings. The van der Waals surface area contributed by atoms with Crippen LogP contribution in [0.25, 0.3) is 54.9 Å². The zero-order valence-corrected chi connectivity index (χ0v) is 25.0. The molecule has 0 aliphatic heterocycles. The van der Waals surface area contributed by atoms with Crippen molar-refractivity contribution in [3.8, 4) is 44.9 Å². The summed E-state index contributed by atoms with van der Waals surface area (Å²) in [7, 11) is 0. The molecule has 0 bridgehead atoms. The number of hydrogen-bond donors (Lipinski definition) is 2. The third-order valence-electron chi connectivity index (χ3n) is 8.79. The largest absolute Gasteiger partial charge is 0.507 e. The van der Waals surface area contributed by atoms with Crippen molar-refractivity contribution in [1.82, 2.24) is 0 Å². The quantitative estimate of drug-likeness (QED) is 0.208. The lowest BCUT2D eigenvalue weighted by molar-refractivity contribution is 0.472. The first kappa shape index (κ1) is 27.6. The summed E-state index contributed by atoms with van der Waals surface area (Å²) in [6.45, 7) is 8.66. The Morgan fingerprint density at radius 3 is 1.21 bits per heavy atom. The van der Waals surface area contributed by atoms with Gasteiger partial charge in [-0.15, -0.1) is 0 Å².